The topological polar surface area (TPSA) is 61.6 Å². The highest BCUT2D eigenvalue weighted by atomic mass is 16.3. The van der Waals surface area contributed by atoms with E-state index in [9.17, 15) is 5.11 Å². The molecule has 5 nitrogen and oxygen atoms in total. The van der Waals surface area contributed by atoms with Crippen molar-refractivity contribution in [3.05, 3.63) is 70.4 Å². The number of aliphatic hydroxyl groups excluding tert-OH is 1. The summed E-state index contributed by atoms with van der Waals surface area (Å²) in [6.45, 7) is 8.92. The van der Waals surface area contributed by atoms with Crippen molar-refractivity contribution >= 4 is 17.0 Å². The van der Waals surface area contributed by atoms with Gasteiger partial charge in [0, 0.05) is 11.7 Å². The Labute approximate surface area is 196 Å². The Morgan fingerprint density at radius 2 is 1.79 bits per heavy atom. The third-order valence-electron chi connectivity index (χ3n) is 7.96. The van der Waals surface area contributed by atoms with Crippen molar-refractivity contribution in [2.45, 2.75) is 83.9 Å². The molecular formula is C28H36N4O. The Morgan fingerprint density at radius 3 is 2.58 bits per heavy atom. The van der Waals surface area contributed by atoms with Crippen molar-refractivity contribution in [1.82, 2.24) is 9.61 Å². The van der Waals surface area contributed by atoms with Crippen molar-refractivity contribution in [3.63, 3.8) is 0 Å². The van der Waals surface area contributed by atoms with E-state index in [2.05, 4.69) is 85.3 Å². The maximum atomic E-state index is 9.88. The van der Waals surface area contributed by atoms with Crippen LogP contribution >= 0.6 is 0 Å². The van der Waals surface area contributed by atoms with E-state index in [-0.39, 0.29) is 6.10 Å². The van der Waals surface area contributed by atoms with Crippen LogP contribution in [0, 0.1) is 6.92 Å². The Balaban J connectivity index is 1.57. The van der Waals surface area contributed by atoms with Crippen LogP contribution in [0.3, 0.4) is 0 Å². The molecule has 0 radical (unpaired) electrons. The molecule has 1 atom stereocenters. The molecule has 1 unspecified atom stereocenters. The smallest absolute Gasteiger partial charge is 0.128 e. The zero-order valence-corrected chi connectivity index (χ0v) is 20.3. The molecule has 0 saturated heterocycles. The number of hydrogen-bond donors (Lipinski definition) is 3. The number of allylic oxidation sites excluding steroid dienone is 1. The second-order valence-corrected chi connectivity index (χ2v) is 10.2. The number of rotatable bonds is 3. The molecule has 5 rings (SSSR count). The quantitative estimate of drug-likeness (QED) is 0.436. The van der Waals surface area contributed by atoms with E-state index >= 15 is 0 Å². The summed E-state index contributed by atoms with van der Waals surface area (Å²) < 4.78 is 2.08. The Bertz CT molecular complexity index is 1200. The Hall–Kier alpha value is -2.79. The monoisotopic (exact) mass is 444 g/mol. The lowest BCUT2D eigenvalue weighted by molar-refractivity contribution is 0.126. The van der Waals surface area contributed by atoms with Crippen molar-refractivity contribution in [3.8, 4) is 0 Å². The molecule has 1 fully saturated rings. The fourth-order valence-electron chi connectivity index (χ4n) is 5.40. The number of aromatic nitrogens is 2. The van der Waals surface area contributed by atoms with Crippen LogP contribution in [0.2, 0.25) is 0 Å². The Kier molecular flexibility index (Phi) is 5.69. The molecule has 3 N–H and O–H groups in total. The van der Waals surface area contributed by atoms with Crippen molar-refractivity contribution in [1.29, 1.82) is 0 Å². The van der Waals surface area contributed by atoms with Crippen molar-refractivity contribution in [2.75, 3.05) is 10.6 Å². The van der Waals surface area contributed by atoms with Crippen LogP contribution in [0.4, 0.5) is 11.5 Å². The van der Waals surface area contributed by atoms with Gasteiger partial charge in [0.1, 0.15) is 11.4 Å². The molecule has 33 heavy (non-hydrogen) atoms. The first kappa shape index (κ1) is 22.0. The second kappa shape index (κ2) is 8.53. The number of nitrogens with one attached hydrogen (secondary N) is 2. The van der Waals surface area contributed by atoms with E-state index < -0.39 is 5.54 Å². The zero-order valence-electron chi connectivity index (χ0n) is 20.3. The molecule has 2 aromatic heterocycles. The minimum Gasteiger partial charge on any atom is -0.393 e. The summed E-state index contributed by atoms with van der Waals surface area (Å²) in [5.74, 6) is 1.02. The summed E-state index contributed by atoms with van der Waals surface area (Å²) in [5.41, 5.74) is 8.30. The number of aryl methyl sites for hydroxylation is 2. The van der Waals surface area contributed by atoms with Gasteiger partial charge in [-0.3, -0.25) is 0 Å². The third-order valence-corrected chi connectivity index (χ3v) is 7.96. The van der Waals surface area contributed by atoms with Crippen LogP contribution in [0.25, 0.3) is 5.52 Å². The molecule has 1 aromatic carbocycles. The number of pyridine rings is 1. The summed E-state index contributed by atoms with van der Waals surface area (Å²) in [6, 6.07) is 15.6. The SMILES string of the molecule is C/C1=C(/C)C(C)(c2cc3c(C)ccc(N[C@H]4CC[C@H](O)CC4)n3n2)Nc2ccccc2CC1. The van der Waals surface area contributed by atoms with Crippen LogP contribution in [0.5, 0.6) is 0 Å². The lowest BCUT2D eigenvalue weighted by atomic mass is 9.82. The van der Waals surface area contributed by atoms with Gasteiger partial charge in [0.25, 0.3) is 0 Å². The highest BCUT2D eigenvalue weighted by molar-refractivity contribution is 5.64. The fraction of sp³-hybridized carbons (Fsp3) is 0.464. The fourth-order valence-corrected chi connectivity index (χ4v) is 5.40. The van der Waals surface area contributed by atoms with E-state index in [0.717, 1.165) is 55.6 Å². The van der Waals surface area contributed by atoms with Gasteiger partial charge < -0.3 is 15.7 Å². The van der Waals surface area contributed by atoms with Gasteiger partial charge >= 0.3 is 0 Å². The van der Waals surface area contributed by atoms with Gasteiger partial charge in [-0.05, 0) is 101 Å². The first-order valence-corrected chi connectivity index (χ1v) is 12.3. The number of aliphatic hydroxyl groups is 1. The molecule has 3 aromatic rings. The largest absolute Gasteiger partial charge is 0.393 e. The maximum absolute atomic E-state index is 9.88. The molecule has 2 aliphatic rings. The molecule has 5 heteroatoms. The van der Waals surface area contributed by atoms with Crippen molar-refractivity contribution in [2.24, 2.45) is 0 Å². The molecule has 0 bridgehead atoms. The van der Waals surface area contributed by atoms with Gasteiger partial charge in [-0.25, -0.2) is 4.52 Å². The zero-order chi connectivity index (χ0) is 23.2. The van der Waals surface area contributed by atoms with Gasteiger partial charge in [0.05, 0.1) is 17.3 Å². The summed E-state index contributed by atoms with van der Waals surface area (Å²) >= 11 is 0. The lowest BCUT2D eigenvalue weighted by Gasteiger charge is -2.35. The lowest BCUT2D eigenvalue weighted by Crippen LogP contribution is -2.36. The van der Waals surface area contributed by atoms with E-state index in [4.69, 9.17) is 5.10 Å². The average Bonchev–Trinajstić information content (AvgIpc) is 3.28. The van der Waals surface area contributed by atoms with Crippen LogP contribution in [-0.4, -0.2) is 26.9 Å². The predicted molar refractivity (Wildman–Crippen MR) is 136 cm³/mol. The van der Waals surface area contributed by atoms with E-state index in [0.29, 0.717) is 6.04 Å². The van der Waals surface area contributed by atoms with Crippen LogP contribution in [0.15, 0.2) is 53.6 Å². The van der Waals surface area contributed by atoms with Gasteiger partial charge in [-0.1, -0.05) is 29.8 Å². The van der Waals surface area contributed by atoms with Crippen LogP contribution in [-0.2, 0) is 12.0 Å². The molecule has 1 saturated carbocycles. The number of benzene rings is 1. The number of nitrogens with zero attached hydrogens (tertiary/aromatic N) is 2. The van der Waals surface area contributed by atoms with E-state index in [1.807, 2.05) is 0 Å². The van der Waals surface area contributed by atoms with Gasteiger partial charge in [-0.2, -0.15) is 5.10 Å². The predicted octanol–water partition coefficient (Wildman–Crippen LogP) is 5.97. The summed E-state index contributed by atoms with van der Waals surface area (Å²) in [7, 11) is 0. The molecule has 3 heterocycles. The number of fused-ring (bicyclic) bond motifs is 2. The van der Waals surface area contributed by atoms with E-state index in [1.54, 1.807) is 0 Å². The van der Waals surface area contributed by atoms with Crippen LogP contribution in [0.1, 0.15) is 69.7 Å². The van der Waals surface area contributed by atoms with Gasteiger partial charge in [0.2, 0.25) is 0 Å². The van der Waals surface area contributed by atoms with Gasteiger partial charge in [0.15, 0.2) is 0 Å². The first-order chi connectivity index (χ1) is 15.8. The number of anilines is 2. The summed E-state index contributed by atoms with van der Waals surface area (Å²) in [5, 5.41) is 22.7. The average molecular weight is 445 g/mol. The molecule has 1 aliphatic heterocycles. The molecule has 1 aliphatic carbocycles. The second-order valence-electron chi connectivity index (χ2n) is 10.2. The standard InChI is InChI=1S/C28H36N4O/c1-18-9-11-21-7-5-6-8-24(21)30-28(4,20(18)3)26-17-25-19(2)10-16-27(32(25)31-26)29-22-12-14-23(33)15-13-22/h5-8,10,16-17,22-23,29-30,33H,9,11-15H2,1-4H3/b20-18+/t22-,23-,28?. The minimum absolute atomic E-state index is 0.149. The minimum atomic E-state index is -0.398. The molecular weight excluding hydrogens is 408 g/mol. The van der Waals surface area contributed by atoms with Crippen molar-refractivity contribution < 1.29 is 5.11 Å². The number of para-hydroxylation sites is 1. The highest BCUT2D eigenvalue weighted by Gasteiger charge is 2.35. The maximum Gasteiger partial charge on any atom is 0.128 e. The van der Waals surface area contributed by atoms with Crippen LogP contribution < -0.4 is 10.6 Å². The first-order valence-electron chi connectivity index (χ1n) is 12.3. The molecule has 174 valence electrons. The molecule has 0 amide bonds. The van der Waals surface area contributed by atoms with Gasteiger partial charge in [-0.15, -0.1) is 0 Å². The third kappa shape index (κ3) is 4.04. The summed E-state index contributed by atoms with van der Waals surface area (Å²) in [6.07, 6.45) is 5.67. The molecule has 0 spiro atoms. The summed E-state index contributed by atoms with van der Waals surface area (Å²) in [4.78, 5) is 0. The number of hydrogen-bond acceptors (Lipinski definition) is 4. The van der Waals surface area contributed by atoms with E-state index in [1.165, 1.54) is 28.0 Å². The highest BCUT2D eigenvalue weighted by Crippen LogP contribution is 2.39. The Morgan fingerprint density at radius 1 is 1.03 bits per heavy atom. The normalized spacial score (nSPS) is 28.0.